The van der Waals surface area contributed by atoms with Crippen LogP contribution in [0.3, 0.4) is 0 Å². The molecule has 0 unspecified atom stereocenters. The van der Waals surface area contributed by atoms with E-state index < -0.39 is 33.9 Å². The van der Waals surface area contributed by atoms with Crippen LogP contribution in [-0.2, 0) is 13.2 Å². The van der Waals surface area contributed by atoms with Crippen molar-refractivity contribution < 1.29 is 18.1 Å². The summed E-state index contributed by atoms with van der Waals surface area (Å²) in [5.74, 6) is -1.94. The zero-order chi connectivity index (χ0) is 14.5. The lowest BCUT2D eigenvalue weighted by Gasteiger charge is -2.04. The topological polar surface area (TPSA) is 95.3 Å². The Morgan fingerprint density at radius 1 is 1.37 bits per heavy atom. The first-order chi connectivity index (χ1) is 8.64. The Hall–Kier alpha value is -2.46. The number of fused-ring (bicyclic) bond motifs is 1. The second-order valence-electron chi connectivity index (χ2n) is 3.70. The second kappa shape index (κ2) is 3.76. The smallest absolute Gasteiger partial charge is 0.311 e. The van der Waals surface area contributed by atoms with Crippen LogP contribution in [0.2, 0.25) is 0 Å². The molecule has 0 spiro atoms. The van der Waals surface area contributed by atoms with Gasteiger partial charge in [-0.15, -0.1) is 5.10 Å². The Bertz CT molecular complexity index is 745. The van der Waals surface area contributed by atoms with E-state index in [0.717, 1.165) is 4.57 Å². The number of alkyl halides is 3. The summed E-state index contributed by atoms with van der Waals surface area (Å²) in [6, 6.07) is 0. The fourth-order valence-electron chi connectivity index (χ4n) is 1.55. The van der Waals surface area contributed by atoms with Crippen molar-refractivity contribution in [3.8, 4) is 0 Å². The number of aryl methyl sites for hydroxylation is 1. The van der Waals surface area contributed by atoms with Gasteiger partial charge in [-0.3, -0.25) is 14.9 Å². The van der Waals surface area contributed by atoms with Gasteiger partial charge in [-0.05, 0) is 6.92 Å². The third-order valence-electron chi connectivity index (χ3n) is 2.57. The van der Waals surface area contributed by atoms with E-state index in [4.69, 9.17) is 0 Å². The molecule has 0 aliphatic rings. The third-order valence-corrected chi connectivity index (χ3v) is 2.57. The van der Waals surface area contributed by atoms with Gasteiger partial charge in [-0.2, -0.15) is 22.7 Å². The first kappa shape index (κ1) is 13.0. The molecule has 0 aliphatic carbocycles. The fourth-order valence-corrected chi connectivity index (χ4v) is 1.55. The third kappa shape index (κ3) is 1.82. The minimum atomic E-state index is -4.84. The molecule has 0 aromatic carbocycles. The zero-order valence-electron chi connectivity index (χ0n) is 9.59. The van der Waals surface area contributed by atoms with Crippen LogP contribution in [0.4, 0.5) is 18.9 Å². The molecule has 0 aliphatic heterocycles. The van der Waals surface area contributed by atoms with E-state index >= 15 is 0 Å². The van der Waals surface area contributed by atoms with Crippen molar-refractivity contribution in [3.63, 3.8) is 0 Å². The Kier molecular flexibility index (Phi) is 2.57. The predicted octanol–water partition coefficient (Wildman–Crippen LogP) is 0.663. The van der Waals surface area contributed by atoms with Crippen molar-refractivity contribution >= 4 is 11.5 Å². The van der Waals surface area contributed by atoms with Crippen LogP contribution in [0.1, 0.15) is 11.5 Å². The van der Waals surface area contributed by atoms with Crippen LogP contribution >= 0.6 is 0 Å². The normalized spacial score (nSPS) is 12.1. The highest BCUT2D eigenvalue weighted by Gasteiger charge is 2.37. The molecule has 11 heteroatoms. The number of nitrogens with zero attached hydrogens (tertiary/aromatic N) is 5. The number of halogens is 3. The van der Waals surface area contributed by atoms with Gasteiger partial charge in [0.2, 0.25) is 5.78 Å². The lowest BCUT2D eigenvalue weighted by atomic mass is 10.3. The molecule has 2 aromatic rings. The molecule has 0 bridgehead atoms. The molecule has 2 aromatic heterocycles. The minimum Gasteiger partial charge on any atom is -0.311 e. The van der Waals surface area contributed by atoms with Crippen LogP contribution in [0, 0.1) is 17.0 Å². The van der Waals surface area contributed by atoms with Crippen LogP contribution in [0.25, 0.3) is 5.78 Å². The van der Waals surface area contributed by atoms with Gasteiger partial charge in [0.05, 0.1) is 4.92 Å². The maximum absolute atomic E-state index is 12.5. The molecule has 0 atom stereocenters. The van der Waals surface area contributed by atoms with Gasteiger partial charge in [-0.1, -0.05) is 0 Å². The summed E-state index contributed by atoms with van der Waals surface area (Å²) in [4.78, 5) is 24.7. The maximum Gasteiger partial charge on any atom is 0.453 e. The highest BCUT2D eigenvalue weighted by molar-refractivity contribution is 5.41. The van der Waals surface area contributed by atoms with Gasteiger partial charge >= 0.3 is 17.4 Å². The molecule has 2 heterocycles. The second-order valence-corrected chi connectivity index (χ2v) is 3.70. The average Bonchev–Trinajstić information content (AvgIpc) is 2.70. The summed E-state index contributed by atoms with van der Waals surface area (Å²) >= 11 is 0. The van der Waals surface area contributed by atoms with E-state index in [-0.39, 0.29) is 10.2 Å². The zero-order valence-corrected chi connectivity index (χ0v) is 9.59. The molecular formula is C8H6F3N5O3. The van der Waals surface area contributed by atoms with Crippen LogP contribution < -0.4 is 5.56 Å². The van der Waals surface area contributed by atoms with Crippen LogP contribution in [0.15, 0.2) is 4.79 Å². The summed E-state index contributed by atoms with van der Waals surface area (Å²) in [5.41, 5.74) is -2.20. The molecule has 0 radical (unpaired) electrons. The van der Waals surface area contributed by atoms with Crippen molar-refractivity contribution in [1.82, 2.24) is 19.2 Å². The van der Waals surface area contributed by atoms with Crippen molar-refractivity contribution in [2.75, 3.05) is 0 Å². The summed E-state index contributed by atoms with van der Waals surface area (Å²) < 4.78 is 38.7. The average molecular weight is 277 g/mol. The molecule has 0 saturated heterocycles. The summed E-state index contributed by atoms with van der Waals surface area (Å²) in [7, 11) is 1.26. The summed E-state index contributed by atoms with van der Waals surface area (Å²) in [6.07, 6.45) is -4.84. The van der Waals surface area contributed by atoms with E-state index in [2.05, 4.69) is 10.1 Å². The van der Waals surface area contributed by atoms with Crippen LogP contribution in [0.5, 0.6) is 0 Å². The van der Waals surface area contributed by atoms with Gasteiger partial charge in [0.1, 0.15) is 5.69 Å². The minimum absolute atomic E-state index is 0.108. The van der Waals surface area contributed by atoms with Crippen molar-refractivity contribution in [2.24, 2.45) is 7.05 Å². The standard InChI is InChI=1S/C8H6F3N5O3/c1-3-4(16(18)19)5(17)15-7(14(3)2)12-6(13-15)8(9,10)11/h1-2H3. The monoisotopic (exact) mass is 277 g/mol. The molecule has 2 rings (SSSR count). The quantitative estimate of drug-likeness (QED) is 0.563. The first-order valence-corrected chi connectivity index (χ1v) is 4.82. The van der Waals surface area contributed by atoms with E-state index in [1.54, 1.807) is 0 Å². The van der Waals surface area contributed by atoms with Crippen molar-refractivity contribution in [3.05, 3.63) is 32.0 Å². The van der Waals surface area contributed by atoms with Crippen molar-refractivity contribution in [2.45, 2.75) is 13.1 Å². The van der Waals surface area contributed by atoms with Crippen molar-refractivity contribution in [1.29, 1.82) is 0 Å². The summed E-state index contributed by atoms with van der Waals surface area (Å²) in [5, 5.41) is 13.7. The predicted molar refractivity (Wildman–Crippen MR) is 54.6 cm³/mol. The van der Waals surface area contributed by atoms with E-state index in [1.807, 2.05) is 0 Å². The molecule has 0 amide bonds. The Morgan fingerprint density at radius 2 is 1.95 bits per heavy atom. The van der Waals surface area contributed by atoms with Gasteiger partial charge in [-0.25, -0.2) is 0 Å². The molecule has 8 nitrogen and oxygen atoms in total. The lowest BCUT2D eigenvalue weighted by molar-refractivity contribution is -0.387. The Balaban J connectivity index is 2.94. The number of nitro groups is 1. The molecular weight excluding hydrogens is 271 g/mol. The van der Waals surface area contributed by atoms with Crippen LogP contribution in [-0.4, -0.2) is 24.1 Å². The highest BCUT2D eigenvalue weighted by atomic mass is 19.4. The number of hydrogen-bond donors (Lipinski definition) is 0. The SMILES string of the molecule is Cc1c([N+](=O)[O-])c(=O)n2nc(C(F)(F)F)nc2n1C. The maximum atomic E-state index is 12.5. The molecule has 102 valence electrons. The first-order valence-electron chi connectivity index (χ1n) is 4.82. The van der Waals surface area contributed by atoms with Gasteiger partial charge in [0, 0.05) is 7.05 Å². The van der Waals surface area contributed by atoms with E-state index in [0.29, 0.717) is 0 Å². The summed E-state index contributed by atoms with van der Waals surface area (Å²) in [6.45, 7) is 1.24. The fraction of sp³-hybridized carbons (Fsp3) is 0.375. The Morgan fingerprint density at radius 3 is 2.42 bits per heavy atom. The van der Waals surface area contributed by atoms with E-state index in [1.165, 1.54) is 14.0 Å². The number of rotatable bonds is 1. The molecule has 19 heavy (non-hydrogen) atoms. The lowest BCUT2D eigenvalue weighted by Crippen LogP contribution is -2.23. The largest absolute Gasteiger partial charge is 0.453 e. The Labute approximate surface area is 102 Å². The highest BCUT2D eigenvalue weighted by Crippen LogP contribution is 2.26. The molecule has 0 saturated carbocycles. The van der Waals surface area contributed by atoms with Gasteiger partial charge in [0.15, 0.2) is 0 Å². The van der Waals surface area contributed by atoms with Gasteiger partial charge < -0.3 is 4.57 Å². The van der Waals surface area contributed by atoms with E-state index in [9.17, 15) is 28.1 Å². The number of hydrogen-bond acceptors (Lipinski definition) is 5. The molecule has 0 fully saturated rings. The van der Waals surface area contributed by atoms with Gasteiger partial charge in [0.25, 0.3) is 5.82 Å². The number of aromatic nitrogens is 4. The molecule has 0 N–H and O–H groups in total.